The molecule has 0 radical (unpaired) electrons. The molecule has 35 heavy (non-hydrogen) atoms. The van der Waals surface area contributed by atoms with E-state index in [1.807, 2.05) is 0 Å². The fraction of sp³-hybridized carbons (Fsp3) is 0.852. The predicted octanol–water partition coefficient (Wildman–Crippen LogP) is 5.51. The van der Waals surface area contributed by atoms with Gasteiger partial charge in [-0.1, -0.05) is 13.8 Å². The van der Waals surface area contributed by atoms with Crippen molar-refractivity contribution in [2.45, 2.75) is 90.0 Å². The molecule has 4 aliphatic carbocycles. The lowest BCUT2D eigenvalue weighted by molar-refractivity contribution is -0.164. The highest BCUT2D eigenvalue weighted by atomic mass is 19.4. The molecular weight excluding hydrogens is 457 g/mol. The van der Waals surface area contributed by atoms with Crippen molar-refractivity contribution in [1.82, 2.24) is 9.78 Å². The summed E-state index contributed by atoms with van der Waals surface area (Å²) in [6.45, 7) is 5.02. The number of hydrogen-bond acceptors (Lipinski definition) is 4. The maximum atomic E-state index is 13.3. The molecule has 4 aliphatic rings. The summed E-state index contributed by atoms with van der Waals surface area (Å²) in [5.41, 5.74) is -1.39. The van der Waals surface area contributed by atoms with Crippen LogP contribution in [-0.4, -0.2) is 40.0 Å². The predicted molar refractivity (Wildman–Crippen MR) is 124 cm³/mol. The third-order valence-corrected chi connectivity index (χ3v) is 10.9. The third-order valence-electron chi connectivity index (χ3n) is 10.9. The van der Waals surface area contributed by atoms with Gasteiger partial charge in [0.25, 0.3) is 0 Å². The summed E-state index contributed by atoms with van der Waals surface area (Å²) in [7, 11) is 1.66. The van der Waals surface area contributed by atoms with Crippen molar-refractivity contribution in [2.24, 2.45) is 40.4 Å². The van der Waals surface area contributed by atoms with Crippen LogP contribution in [0.15, 0.2) is 12.4 Å². The first kappa shape index (κ1) is 25.2. The number of halogens is 3. The molecule has 196 valence electrons. The number of aromatic nitrogens is 2. The first-order chi connectivity index (χ1) is 16.4. The summed E-state index contributed by atoms with van der Waals surface area (Å²) >= 11 is 0. The van der Waals surface area contributed by atoms with Crippen LogP contribution in [0.1, 0.15) is 77.2 Å². The quantitative estimate of drug-likeness (QED) is 0.584. The fourth-order valence-corrected chi connectivity index (χ4v) is 9.12. The number of nitrogens with zero attached hydrogens (tertiary/aromatic N) is 2. The molecule has 1 heterocycles. The highest BCUT2D eigenvalue weighted by Gasteiger charge is 2.62. The summed E-state index contributed by atoms with van der Waals surface area (Å²) in [5.74, 6) is 2.09. The second-order valence-electron chi connectivity index (χ2n) is 12.6. The molecule has 4 fully saturated rings. The van der Waals surface area contributed by atoms with Crippen LogP contribution in [-0.2, 0) is 22.3 Å². The van der Waals surface area contributed by atoms with Crippen LogP contribution in [0.3, 0.4) is 0 Å². The molecule has 1 aromatic rings. The van der Waals surface area contributed by atoms with Gasteiger partial charge in [0, 0.05) is 19.2 Å². The first-order valence-corrected chi connectivity index (χ1v) is 13.2. The topological polar surface area (TPSA) is 64.3 Å². The number of carbonyl (C=O) groups excluding carboxylic acids is 1. The number of fused-ring (bicyclic) bond motifs is 5. The molecule has 0 spiro atoms. The Morgan fingerprint density at radius 1 is 1.11 bits per heavy atom. The Kier molecular flexibility index (Phi) is 6.18. The Morgan fingerprint density at radius 2 is 1.86 bits per heavy atom. The highest BCUT2D eigenvalue weighted by Crippen LogP contribution is 2.68. The highest BCUT2D eigenvalue weighted by molar-refractivity contribution is 5.82. The minimum absolute atomic E-state index is 0.0208. The minimum atomic E-state index is -4.45. The van der Waals surface area contributed by atoms with Crippen LogP contribution >= 0.6 is 0 Å². The van der Waals surface area contributed by atoms with Crippen LogP contribution in [0, 0.1) is 40.4 Å². The second-order valence-corrected chi connectivity index (χ2v) is 12.6. The van der Waals surface area contributed by atoms with Crippen molar-refractivity contribution in [3.63, 3.8) is 0 Å². The third kappa shape index (κ3) is 4.16. The van der Waals surface area contributed by atoms with E-state index in [-0.39, 0.29) is 29.1 Å². The van der Waals surface area contributed by atoms with Crippen molar-refractivity contribution < 1.29 is 27.8 Å². The molecule has 5 nitrogen and oxygen atoms in total. The lowest BCUT2D eigenvalue weighted by Gasteiger charge is -2.62. The van der Waals surface area contributed by atoms with Gasteiger partial charge in [0.05, 0.1) is 30.5 Å². The molecule has 0 aromatic carbocycles. The molecule has 0 amide bonds. The van der Waals surface area contributed by atoms with E-state index in [0.717, 1.165) is 74.9 Å². The van der Waals surface area contributed by atoms with Gasteiger partial charge >= 0.3 is 6.18 Å². The Balaban J connectivity index is 1.30. The van der Waals surface area contributed by atoms with Gasteiger partial charge in [-0.05, 0) is 92.3 Å². The minimum Gasteiger partial charge on any atom is -0.387 e. The number of Topliss-reactive ketones (excluding diaryl/α,β-unsaturated/α-hetero) is 1. The summed E-state index contributed by atoms with van der Waals surface area (Å²) in [4.78, 5) is 13.3. The van der Waals surface area contributed by atoms with Gasteiger partial charge in [-0.2, -0.15) is 18.3 Å². The Morgan fingerprint density at radius 3 is 2.54 bits per heavy atom. The number of hydrogen-bond donors (Lipinski definition) is 1. The fourth-order valence-electron chi connectivity index (χ4n) is 9.12. The van der Waals surface area contributed by atoms with Gasteiger partial charge in [-0.25, -0.2) is 0 Å². The summed E-state index contributed by atoms with van der Waals surface area (Å²) in [6.07, 6.45) is 6.10. The van der Waals surface area contributed by atoms with Crippen LogP contribution in [0.2, 0.25) is 0 Å². The summed E-state index contributed by atoms with van der Waals surface area (Å²) in [5, 5.41) is 14.9. The van der Waals surface area contributed by atoms with E-state index < -0.39 is 17.3 Å². The molecule has 5 rings (SSSR count). The van der Waals surface area contributed by atoms with Crippen molar-refractivity contribution in [2.75, 3.05) is 13.7 Å². The zero-order valence-electron chi connectivity index (χ0n) is 21.1. The van der Waals surface area contributed by atoms with Crippen LogP contribution in [0.4, 0.5) is 13.2 Å². The maximum Gasteiger partial charge on any atom is 0.419 e. The molecule has 4 saturated carbocycles. The van der Waals surface area contributed by atoms with Gasteiger partial charge < -0.3 is 9.84 Å². The first-order valence-electron chi connectivity index (χ1n) is 13.2. The molecule has 0 bridgehead atoms. The Bertz CT molecular complexity index is 964. The van der Waals surface area contributed by atoms with E-state index in [4.69, 9.17) is 4.74 Å². The summed E-state index contributed by atoms with van der Waals surface area (Å²) in [6, 6.07) is 0. The molecule has 0 saturated heterocycles. The molecule has 8 atom stereocenters. The zero-order chi connectivity index (χ0) is 25.2. The zero-order valence-corrected chi connectivity index (χ0v) is 21.1. The van der Waals surface area contributed by atoms with E-state index in [1.165, 1.54) is 0 Å². The van der Waals surface area contributed by atoms with Gasteiger partial charge in [-0.3, -0.25) is 9.48 Å². The van der Waals surface area contributed by atoms with Crippen LogP contribution in [0.25, 0.3) is 0 Å². The van der Waals surface area contributed by atoms with Gasteiger partial charge in [-0.15, -0.1) is 0 Å². The molecule has 1 aromatic heterocycles. The second kappa shape index (κ2) is 8.57. The molecule has 1 unspecified atom stereocenters. The number of aliphatic hydroxyl groups is 1. The summed E-state index contributed by atoms with van der Waals surface area (Å²) < 4.78 is 45.3. The van der Waals surface area contributed by atoms with Gasteiger partial charge in [0.1, 0.15) is 0 Å². The van der Waals surface area contributed by atoms with E-state index in [2.05, 4.69) is 18.9 Å². The van der Waals surface area contributed by atoms with Crippen LogP contribution in [0.5, 0.6) is 0 Å². The van der Waals surface area contributed by atoms with E-state index in [9.17, 15) is 23.1 Å². The Labute approximate surface area is 205 Å². The van der Waals surface area contributed by atoms with E-state index >= 15 is 0 Å². The van der Waals surface area contributed by atoms with Crippen molar-refractivity contribution in [3.05, 3.63) is 18.0 Å². The molecule has 0 aliphatic heterocycles. The monoisotopic (exact) mass is 496 g/mol. The van der Waals surface area contributed by atoms with Crippen molar-refractivity contribution in [3.8, 4) is 0 Å². The van der Waals surface area contributed by atoms with E-state index in [1.54, 1.807) is 7.11 Å². The standard InChI is InChI=1S/C27H39F3N2O3/c1-24-10-11-26(34,16-35-3)12-17(24)4-5-19-20-6-7-22(25(20,2)9-8-21(19)24)23(33)15-32-14-18(13-31-32)27(28,29)30/h13-14,17,19-22,34H,4-12,15-16H2,1-3H3/t17-,19-,20-,21-,22+,24?,25-,26+/m0/s1. The van der Waals surface area contributed by atoms with Crippen molar-refractivity contribution >= 4 is 5.78 Å². The number of rotatable bonds is 5. The number of methoxy groups -OCH3 is 1. The number of ether oxygens (including phenoxy) is 1. The normalized spacial score (nSPS) is 43.3. The average Bonchev–Trinajstić information content (AvgIpc) is 3.38. The smallest absolute Gasteiger partial charge is 0.387 e. The SMILES string of the molecule is COC[C@@]1(O)CCC2(C)[C@@H](CC[C@@H]3[C@@H]2CC[C@]2(C)[C@@H](C(=O)Cn4cc(C(F)(F)F)cn4)CC[C@@H]32)C1. The average molecular weight is 497 g/mol. The van der Waals surface area contributed by atoms with Gasteiger partial charge in [0.15, 0.2) is 5.78 Å². The lowest BCUT2D eigenvalue weighted by atomic mass is 9.44. The molecular formula is C27H39F3N2O3. The molecule has 1 N–H and O–H groups in total. The number of ketones is 1. The molecule has 8 heteroatoms. The number of carbonyl (C=O) groups is 1. The largest absolute Gasteiger partial charge is 0.419 e. The van der Waals surface area contributed by atoms with Crippen LogP contribution < -0.4 is 0 Å². The van der Waals surface area contributed by atoms with Gasteiger partial charge in [0.2, 0.25) is 0 Å². The number of alkyl halides is 3. The van der Waals surface area contributed by atoms with Crippen molar-refractivity contribution in [1.29, 1.82) is 0 Å². The maximum absolute atomic E-state index is 13.3. The van der Waals surface area contributed by atoms with E-state index in [0.29, 0.717) is 30.3 Å². The Hall–Kier alpha value is -1.41. The lowest BCUT2D eigenvalue weighted by Crippen LogP contribution is -2.56.